The van der Waals surface area contributed by atoms with E-state index < -0.39 is 0 Å². The summed E-state index contributed by atoms with van der Waals surface area (Å²) in [6.07, 6.45) is 2.99. The van der Waals surface area contributed by atoms with Crippen LogP contribution in [0.15, 0.2) is 5.16 Å². The van der Waals surface area contributed by atoms with E-state index in [9.17, 15) is 0 Å². The predicted octanol–water partition coefficient (Wildman–Crippen LogP) is 4.75. The molecule has 1 aliphatic heterocycles. The van der Waals surface area contributed by atoms with Crippen molar-refractivity contribution in [3.05, 3.63) is 15.2 Å². The lowest BCUT2D eigenvalue weighted by atomic mass is 9.90. The van der Waals surface area contributed by atoms with Gasteiger partial charge in [-0.2, -0.15) is 5.10 Å². The van der Waals surface area contributed by atoms with E-state index in [4.69, 9.17) is 21.9 Å². The lowest BCUT2D eigenvalue weighted by Gasteiger charge is -2.32. The Morgan fingerprint density at radius 2 is 2.29 bits per heavy atom. The molecule has 0 aromatic carbocycles. The van der Waals surface area contributed by atoms with Crippen LogP contribution in [0.2, 0.25) is 0 Å². The van der Waals surface area contributed by atoms with Gasteiger partial charge < -0.3 is 4.74 Å². The van der Waals surface area contributed by atoms with Gasteiger partial charge in [0.1, 0.15) is 4.83 Å². The first kappa shape index (κ1) is 16.5. The number of aromatic nitrogens is 4. The van der Waals surface area contributed by atoms with E-state index in [0.717, 1.165) is 46.0 Å². The molecule has 1 N–H and O–H groups in total. The number of thiophene rings is 1. The molecule has 8 heteroatoms. The average molecular weight is 381 g/mol. The summed E-state index contributed by atoms with van der Waals surface area (Å²) >= 11 is 8.92. The lowest BCUT2D eigenvalue weighted by Crippen LogP contribution is -2.33. The summed E-state index contributed by atoms with van der Waals surface area (Å²) in [5, 5.41) is 9.55. The van der Waals surface area contributed by atoms with E-state index in [1.54, 1.807) is 23.1 Å². The number of hydrogen-bond donors (Lipinski definition) is 1. The summed E-state index contributed by atoms with van der Waals surface area (Å²) in [6.45, 7) is 7.20. The number of H-pyrrole nitrogens is 1. The van der Waals surface area contributed by atoms with Crippen molar-refractivity contribution in [1.82, 2.24) is 19.6 Å². The minimum Gasteiger partial charge on any atom is -0.369 e. The molecule has 128 valence electrons. The molecule has 4 heterocycles. The van der Waals surface area contributed by atoms with Crippen molar-refractivity contribution in [2.24, 2.45) is 0 Å². The van der Waals surface area contributed by atoms with Gasteiger partial charge in [0, 0.05) is 17.1 Å². The molecule has 0 saturated carbocycles. The van der Waals surface area contributed by atoms with Gasteiger partial charge in [-0.05, 0) is 37.5 Å². The fraction of sp³-hybridized carbons (Fsp3) is 0.562. The van der Waals surface area contributed by atoms with Gasteiger partial charge in [-0.1, -0.05) is 25.6 Å². The molecular formula is C16H20N4OS3. The van der Waals surface area contributed by atoms with Gasteiger partial charge in [-0.15, -0.1) is 11.3 Å². The van der Waals surface area contributed by atoms with Crippen molar-refractivity contribution in [3.8, 4) is 0 Å². The van der Waals surface area contributed by atoms with E-state index in [1.807, 2.05) is 4.40 Å². The molecule has 3 aromatic heterocycles. The van der Waals surface area contributed by atoms with Crippen molar-refractivity contribution in [2.45, 2.75) is 57.4 Å². The molecule has 0 aliphatic carbocycles. The zero-order valence-electron chi connectivity index (χ0n) is 14.0. The van der Waals surface area contributed by atoms with Gasteiger partial charge in [-0.3, -0.25) is 5.10 Å². The lowest BCUT2D eigenvalue weighted by molar-refractivity contribution is -0.0542. The van der Waals surface area contributed by atoms with E-state index in [-0.39, 0.29) is 5.60 Å². The minimum absolute atomic E-state index is 0.110. The van der Waals surface area contributed by atoms with Crippen LogP contribution >= 0.6 is 35.3 Å². The van der Waals surface area contributed by atoms with Crippen molar-refractivity contribution in [3.63, 3.8) is 0 Å². The summed E-state index contributed by atoms with van der Waals surface area (Å²) in [4.78, 5) is 7.24. The smallest absolute Gasteiger partial charge is 0.201 e. The second-order valence-corrected chi connectivity index (χ2v) is 8.92. The first-order valence-electron chi connectivity index (χ1n) is 8.24. The van der Waals surface area contributed by atoms with Crippen molar-refractivity contribution in [2.75, 3.05) is 5.75 Å². The first-order valence-corrected chi connectivity index (χ1v) is 10.5. The number of nitrogens with one attached hydrogen (secondary N) is 1. The Morgan fingerprint density at radius 3 is 3.04 bits per heavy atom. The highest BCUT2D eigenvalue weighted by Crippen LogP contribution is 2.41. The van der Waals surface area contributed by atoms with Gasteiger partial charge in [0.15, 0.2) is 10.8 Å². The Bertz CT molecular complexity index is 973. The quantitative estimate of drug-likeness (QED) is 0.402. The van der Waals surface area contributed by atoms with E-state index in [1.165, 1.54) is 10.4 Å². The van der Waals surface area contributed by atoms with Crippen LogP contribution in [0.5, 0.6) is 0 Å². The molecular weight excluding hydrogens is 360 g/mol. The van der Waals surface area contributed by atoms with Gasteiger partial charge in [-0.25, -0.2) is 9.38 Å². The molecule has 0 bridgehead atoms. The Balaban J connectivity index is 1.98. The van der Waals surface area contributed by atoms with Gasteiger partial charge in [0.05, 0.1) is 17.6 Å². The Kier molecular flexibility index (Phi) is 4.19. The summed E-state index contributed by atoms with van der Waals surface area (Å²) in [7, 11) is 0. The largest absolute Gasteiger partial charge is 0.369 e. The summed E-state index contributed by atoms with van der Waals surface area (Å²) in [6, 6.07) is 0. The fourth-order valence-corrected chi connectivity index (χ4v) is 5.35. The summed E-state index contributed by atoms with van der Waals surface area (Å²) in [5.74, 6) is 1.02. The number of hydrogen-bond acceptors (Lipinski definition) is 6. The molecule has 4 rings (SSSR count). The molecule has 0 spiro atoms. The molecule has 0 unspecified atom stereocenters. The zero-order valence-corrected chi connectivity index (χ0v) is 16.5. The number of aromatic amines is 1. The molecule has 24 heavy (non-hydrogen) atoms. The van der Waals surface area contributed by atoms with Crippen LogP contribution in [-0.4, -0.2) is 30.9 Å². The summed E-state index contributed by atoms with van der Waals surface area (Å²) in [5.41, 5.74) is 2.13. The topological polar surface area (TPSA) is 55.2 Å². The van der Waals surface area contributed by atoms with Gasteiger partial charge >= 0.3 is 0 Å². The maximum atomic E-state index is 6.10. The van der Waals surface area contributed by atoms with Crippen LogP contribution in [0, 0.1) is 4.77 Å². The maximum absolute atomic E-state index is 6.10. The number of nitrogens with zero attached hydrogens (tertiary/aromatic N) is 3. The van der Waals surface area contributed by atoms with Gasteiger partial charge in [0.2, 0.25) is 4.77 Å². The third-order valence-electron chi connectivity index (χ3n) is 4.64. The molecule has 3 aromatic rings. The summed E-state index contributed by atoms with van der Waals surface area (Å²) < 4.78 is 8.71. The van der Waals surface area contributed by atoms with E-state index in [0.29, 0.717) is 11.4 Å². The van der Waals surface area contributed by atoms with Crippen LogP contribution in [-0.2, 0) is 17.8 Å². The van der Waals surface area contributed by atoms with Crippen LogP contribution in [0.3, 0.4) is 0 Å². The number of thioether (sulfide) groups is 1. The normalized spacial score (nSPS) is 20.8. The molecule has 0 amide bonds. The standard InChI is InChI=1S/C16H20N4OS3/c1-4-6-23-15-17-13-11(12-18-19-14(22)20(12)15)9-7-16(3,5-2)21-8-10(9)24-13/h4-8H2,1-3H3,(H,19,22)/t16-/m0/s1. The second kappa shape index (κ2) is 6.09. The number of rotatable bonds is 4. The Morgan fingerprint density at radius 1 is 1.46 bits per heavy atom. The molecule has 0 saturated heterocycles. The SMILES string of the molecule is CCCSc1nc2sc3c(c2c2n[nH]c(=S)n12)C[C@](C)(CC)OC3. The third-order valence-corrected chi connectivity index (χ3v) is 7.16. The monoisotopic (exact) mass is 380 g/mol. The predicted molar refractivity (Wildman–Crippen MR) is 102 cm³/mol. The van der Waals surface area contributed by atoms with Crippen LogP contribution < -0.4 is 0 Å². The highest BCUT2D eigenvalue weighted by Gasteiger charge is 2.33. The van der Waals surface area contributed by atoms with E-state index >= 15 is 0 Å². The highest BCUT2D eigenvalue weighted by molar-refractivity contribution is 7.99. The Hall–Kier alpha value is -0.960. The van der Waals surface area contributed by atoms with Crippen molar-refractivity contribution in [1.29, 1.82) is 0 Å². The maximum Gasteiger partial charge on any atom is 0.201 e. The van der Waals surface area contributed by atoms with Gasteiger partial charge in [0.25, 0.3) is 0 Å². The molecule has 1 atom stereocenters. The van der Waals surface area contributed by atoms with Crippen LogP contribution in [0.25, 0.3) is 15.9 Å². The average Bonchev–Trinajstić information content (AvgIpc) is 3.13. The fourth-order valence-electron chi connectivity index (χ4n) is 3.07. The molecule has 1 aliphatic rings. The minimum atomic E-state index is -0.110. The molecule has 5 nitrogen and oxygen atoms in total. The van der Waals surface area contributed by atoms with E-state index in [2.05, 4.69) is 31.0 Å². The van der Waals surface area contributed by atoms with Crippen LogP contribution in [0.1, 0.15) is 44.1 Å². The number of fused-ring (bicyclic) bond motifs is 5. The first-order chi connectivity index (χ1) is 11.6. The van der Waals surface area contributed by atoms with Crippen LogP contribution in [0.4, 0.5) is 0 Å². The third kappa shape index (κ3) is 2.51. The van der Waals surface area contributed by atoms with Crippen molar-refractivity contribution >= 4 is 51.2 Å². The zero-order chi connectivity index (χ0) is 16.9. The second-order valence-electron chi connectivity index (χ2n) is 6.38. The molecule has 0 radical (unpaired) electrons. The van der Waals surface area contributed by atoms with Crippen molar-refractivity contribution < 1.29 is 4.74 Å². The highest BCUT2D eigenvalue weighted by atomic mass is 32.2. The Labute approximate surface area is 153 Å². The number of ether oxygens (including phenoxy) is 1. The molecule has 0 fully saturated rings.